The van der Waals surface area contributed by atoms with Gasteiger partial charge in [-0.25, -0.2) is 5.10 Å². The Hall–Kier alpha value is -1.40. The minimum Gasteiger partial charge on any atom is -0.348 e. The summed E-state index contributed by atoms with van der Waals surface area (Å²) in [6.07, 6.45) is 5.81. The third kappa shape index (κ3) is 4.08. The van der Waals surface area contributed by atoms with E-state index in [9.17, 15) is 9.59 Å². The van der Waals surface area contributed by atoms with Gasteiger partial charge in [0.05, 0.1) is 5.69 Å². The molecule has 0 bridgehead atoms. The quantitative estimate of drug-likeness (QED) is 0.778. The van der Waals surface area contributed by atoms with Crippen molar-refractivity contribution >= 4 is 18.3 Å². The molecule has 1 amide bonds. The Kier molecular flexibility index (Phi) is 7.03. The Morgan fingerprint density at radius 2 is 2.00 bits per heavy atom. The van der Waals surface area contributed by atoms with E-state index in [1.165, 1.54) is 19.3 Å². The smallest absolute Gasteiger partial charge is 0.277 e. The van der Waals surface area contributed by atoms with Gasteiger partial charge in [-0.2, -0.15) is 5.10 Å². The van der Waals surface area contributed by atoms with E-state index in [0.717, 1.165) is 12.8 Å². The highest BCUT2D eigenvalue weighted by Gasteiger charge is 2.26. The van der Waals surface area contributed by atoms with Crippen molar-refractivity contribution in [1.82, 2.24) is 15.5 Å². The summed E-state index contributed by atoms with van der Waals surface area (Å²) < 4.78 is 0. The molecule has 6 nitrogen and oxygen atoms in total. The Morgan fingerprint density at radius 3 is 2.59 bits per heavy atom. The van der Waals surface area contributed by atoms with Gasteiger partial charge in [-0.05, 0) is 38.2 Å². The minimum absolute atomic E-state index is 0. The molecule has 1 fully saturated rings. The van der Waals surface area contributed by atoms with Crippen molar-refractivity contribution in [2.24, 2.45) is 11.7 Å². The van der Waals surface area contributed by atoms with Crippen LogP contribution in [0.4, 0.5) is 0 Å². The molecular formula is C15H25ClN4O2. The van der Waals surface area contributed by atoms with Gasteiger partial charge in [-0.3, -0.25) is 9.59 Å². The lowest BCUT2D eigenvalue weighted by atomic mass is 9.84. The van der Waals surface area contributed by atoms with Crippen LogP contribution in [0.3, 0.4) is 0 Å². The van der Waals surface area contributed by atoms with Crippen molar-refractivity contribution < 1.29 is 4.79 Å². The lowest BCUT2D eigenvalue weighted by molar-refractivity contribution is 0.0913. The third-order valence-corrected chi connectivity index (χ3v) is 4.49. The summed E-state index contributed by atoms with van der Waals surface area (Å²) in [6, 6.07) is -0.0647. The third-order valence-electron chi connectivity index (χ3n) is 4.49. The highest BCUT2D eigenvalue weighted by molar-refractivity contribution is 5.95. The van der Waals surface area contributed by atoms with Gasteiger partial charge < -0.3 is 11.1 Å². The monoisotopic (exact) mass is 328 g/mol. The predicted octanol–water partition coefficient (Wildman–Crippen LogP) is 1.45. The first kappa shape index (κ1) is 18.6. The normalized spacial score (nSPS) is 16.7. The Labute approximate surface area is 136 Å². The van der Waals surface area contributed by atoms with Crippen LogP contribution < -0.4 is 16.6 Å². The fourth-order valence-electron chi connectivity index (χ4n) is 3.05. The molecule has 22 heavy (non-hydrogen) atoms. The van der Waals surface area contributed by atoms with E-state index in [2.05, 4.69) is 15.5 Å². The van der Waals surface area contributed by atoms with Gasteiger partial charge in [-0.15, -0.1) is 12.4 Å². The second-order valence-corrected chi connectivity index (χ2v) is 5.85. The number of nitrogens with one attached hydrogen (secondary N) is 2. The topological polar surface area (TPSA) is 101 Å². The number of amides is 1. The fraction of sp³-hybridized carbons (Fsp3) is 0.667. The summed E-state index contributed by atoms with van der Waals surface area (Å²) in [5.41, 5.74) is 6.80. The van der Waals surface area contributed by atoms with E-state index in [-0.39, 0.29) is 29.9 Å². The lowest BCUT2D eigenvalue weighted by Crippen LogP contribution is -2.47. The molecule has 1 atom stereocenters. The van der Waals surface area contributed by atoms with Gasteiger partial charge in [0, 0.05) is 12.6 Å². The molecule has 0 saturated heterocycles. The summed E-state index contributed by atoms with van der Waals surface area (Å²) in [6.45, 7) is 3.91. The van der Waals surface area contributed by atoms with E-state index in [1.54, 1.807) is 13.8 Å². The van der Waals surface area contributed by atoms with Crippen molar-refractivity contribution in [1.29, 1.82) is 0 Å². The van der Waals surface area contributed by atoms with Crippen LogP contribution in [0.1, 0.15) is 53.7 Å². The highest BCUT2D eigenvalue weighted by Crippen LogP contribution is 2.26. The number of hydrogen-bond donors (Lipinski definition) is 3. The molecule has 1 aromatic rings. The number of aromatic nitrogens is 2. The van der Waals surface area contributed by atoms with Crippen LogP contribution in [0.25, 0.3) is 0 Å². The fourth-order valence-corrected chi connectivity index (χ4v) is 3.05. The van der Waals surface area contributed by atoms with E-state index in [1.807, 2.05) is 0 Å². The molecule has 1 aliphatic rings. The summed E-state index contributed by atoms with van der Waals surface area (Å²) in [7, 11) is 0. The largest absolute Gasteiger partial charge is 0.348 e. The SMILES string of the molecule is Cc1n[nH]c(=O)c(C(=O)NC(CN)C2CCCCC2)c1C.Cl. The van der Waals surface area contributed by atoms with Gasteiger partial charge in [0.15, 0.2) is 0 Å². The number of nitrogens with zero attached hydrogens (tertiary/aromatic N) is 1. The number of rotatable bonds is 4. The molecular weight excluding hydrogens is 304 g/mol. The second kappa shape index (κ2) is 8.29. The molecule has 124 valence electrons. The summed E-state index contributed by atoms with van der Waals surface area (Å²) >= 11 is 0. The summed E-state index contributed by atoms with van der Waals surface area (Å²) in [5.74, 6) is 0.0651. The van der Waals surface area contributed by atoms with Crippen molar-refractivity contribution in [3.63, 3.8) is 0 Å². The number of halogens is 1. The molecule has 0 spiro atoms. The van der Waals surface area contributed by atoms with E-state index >= 15 is 0 Å². The number of aryl methyl sites for hydroxylation is 1. The molecule has 2 rings (SSSR count). The second-order valence-electron chi connectivity index (χ2n) is 5.85. The molecule has 0 aliphatic heterocycles. The van der Waals surface area contributed by atoms with Gasteiger partial charge in [0.2, 0.25) is 0 Å². The van der Waals surface area contributed by atoms with Crippen LogP contribution in [0.2, 0.25) is 0 Å². The zero-order valence-electron chi connectivity index (χ0n) is 13.1. The standard InChI is InChI=1S/C15H24N4O2.ClH/c1-9-10(2)18-19-15(21)13(9)14(20)17-12(8-16)11-6-4-3-5-7-11;/h11-12H,3-8,16H2,1-2H3,(H,17,20)(H,19,21);1H. The van der Waals surface area contributed by atoms with Crippen molar-refractivity contribution in [2.45, 2.75) is 52.0 Å². The van der Waals surface area contributed by atoms with Gasteiger partial charge in [0.25, 0.3) is 11.5 Å². The molecule has 1 unspecified atom stereocenters. The van der Waals surface area contributed by atoms with Gasteiger partial charge in [-0.1, -0.05) is 19.3 Å². The zero-order valence-corrected chi connectivity index (χ0v) is 14.0. The maximum Gasteiger partial charge on any atom is 0.277 e. The van der Waals surface area contributed by atoms with Crippen molar-refractivity contribution in [3.8, 4) is 0 Å². The molecule has 1 aromatic heterocycles. The molecule has 4 N–H and O–H groups in total. The Bertz CT molecular complexity index is 567. The molecule has 1 aliphatic carbocycles. The van der Waals surface area contributed by atoms with Crippen molar-refractivity contribution in [3.05, 3.63) is 27.2 Å². The maximum atomic E-state index is 12.4. The number of aromatic amines is 1. The molecule has 1 heterocycles. The number of hydrogen-bond acceptors (Lipinski definition) is 4. The first-order valence-corrected chi connectivity index (χ1v) is 7.61. The molecule has 0 aromatic carbocycles. The number of carbonyl (C=O) groups excluding carboxylic acids is 1. The first-order valence-electron chi connectivity index (χ1n) is 7.61. The summed E-state index contributed by atoms with van der Waals surface area (Å²) in [5, 5.41) is 9.18. The molecule has 1 saturated carbocycles. The van der Waals surface area contributed by atoms with Crippen LogP contribution in [0.15, 0.2) is 4.79 Å². The molecule has 7 heteroatoms. The Morgan fingerprint density at radius 1 is 1.36 bits per heavy atom. The van der Waals surface area contributed by atoms with E-state index < -0.39 is 5.56 Å². The van der Waals surface area contributed by atoms with Crippen LogP contribution in [-0.2, 0) is 0 Å². The van der Waals surface area contributed by atoms with E-state index in [0.29, 0.717) is 23.7 Å². The minimum atomic E-state index is -0.449. The number of H-pyrrole nitrogens is 1. The number of nitrogens with two attached hydrogens (primary N) is 1. The van der Waals surface area contributed by atoms with Crippen LogP contribution in [0, 0.1) is 19.8 Å². The van der Waals surface area contributed by atoms with Crippen LogP contribution in [0.5, 0.6) is 0 Å². The van der Waals surface area contributed by atoms with Crippen LogP contribution >= 0.6 is 12.4 Å². The molecule has 0 radical (unpaired) electrons. The average Bonchev–Trinajstić information content (AvgIpc) is 2.50. The number of carbonyl (C=O) groups is 1. The Balaban J connectivity index is 0.00000242. The van der Waals surface area contributed by atoms with Crippen LogP contribution in [-0.4, -0.2) is 28.7 Å². The maximum absolute atomic E-state index is 12.4. The average molecular weight is 329 g/mol. The van der Waals surface area contributed by atoms with Gasteiger partial charge in [0.1, 0.15) is 5.56 Å². The predicted molar refractivity (Wildman–Crippen MR) is 88.5 cm³/mol. The van der Waals surface area contributed by atoms with Gasteiger partial charge >= 0.3 is 0 Å². The first-order chi connectivity index (χ1) is 10.0. The highest BCUT2D eigenvalue weighted by atomic mass is 35.5. The van der Waals surface area contributed by atoms with Crippen molar-refractivity contribution in [2.75, 3.05) is 6.54 Å². The zero-order chi connectivity index (χ0) is 15.4. The van der Waals surface area contributed by atoms with E-state index in [4.69, 9.17) is 5.73 Å². The lowest BCUT2D eigenvalue weighted by Gasteiger charge is -2.30. The summed E-state index contributed by atoms with van der Waals surface area (Å²) in [4.78, 5) is 24.3.